The summed E-state index contributed by atoms with van der Waals surface area (Å²) in [5, 5.41) is 0. The summed E-state index contributed by atoms with van der Waals surface area (Å²) in [6.07, 6.45) is 0.897. The number of H-pyrrole nitrogens is 1. The summed E-state index contributed by atoms with van der Waals surface area (Å²) < 4.78 is 5.72. The molecule has 5 nitrogen and oxygen atoms in total. The summed E-state index contributed by atoms with van der Waals surface area (Å²) in [6.45, 7) is 0.741. The third-order valence-electron chi connectivity index (χ3n) is 5.07. The van der Waals surface area contributed by atoms with Crippen molar-refractivity contribution in [2.45, 2.75) is 6.42 Å². The molecule has 0 fully saturated rings. The lowest BCUT2D eigenvalue weighted by Gasteiger charge is -2.17. The van der Waals surface area contributed by atoms with Crippen molar-refractivity contribution < 1.29 is 9.53 Å². The summed E-state index contributed by atoms with van der Waals surface area (Å²) in [5.74, 6) is 1.46. The molecule has 5 rings (SSSR count). The fraction of sp³-hybridized carbons (Fsp3) is 0.130. The Balaban J connectivity index is 1.26. The van der Waals surface area contributed by atoms with Crippen LogP contribution in [-0.2, 0) is 11.2 Å². The highest BCUT2D eigenvalue weighted by Crippen LogP contribution is 2.28. The number of ether oxygens (including phenoxy) is 1. The van der Waals surface area contributed by atoms with Crippen molar-refractivity contribution in [3.05, 3.63) is 78.4 Å². The van der Waals surface area contributed by atoms with Gasteiger partial charge in [0.1, 0.15) is 11.6 Å². The molecule has 0 radical (unpaired) electrons. The molecule has 1 aliphatic rings. The number of hydrogen-bond donors (Lipinski definition) is 1. The van der Waals surface area contributed by atoms with Crippen LogP contribution in [0.5, 0.6) is 5.75 Å². The number of aromatic nitrogens is 2. The number of benzene rings is 3. The molecule has 28 heavy (non-hydrogen) atoms. The summed E-state index contributed by atoms with van der Waals surface area (Å²) in [6, 6.07) is 23.6. The number of anilines is 1. The average Bonchev–Trinajstić information content (AvgIpc) is 3.36. The minimum absolute atomic E-state index is 0.0219. The van der Waals surface area contributed by atoms with E-state index in [-0.39, 0.29) is 12.5 Å². The van der Waals surface area contributed by atoms with Crippen molar-refractivity contribution in [3.63, 3.8) is 0 Å². The summed E-state index contributed by atoms with van der Waals surface area (Å²) in [7, 11) is 0. The van der Waals surface area contributed by atoms with Gasteiger partial charge in [-0.05, 0) is 54.4 Å². The van der Waals surface area contributed by atoms with E-state index in [0.29, 0.717) is 12.3 Å². The molecule has 0 atom stereocenters. The van der Waals surface area contributed by atoms with E-state index in [0.717, 1.165) is 34.5 Å². The highest BCUT2D eigenvalue weighted by Gasteiger charge is 2.24. The van der Waals surface area contributed by atoms with E-state index in [4.69, 9.17) is 4.74 Å². The second-order valence-electron chi connectivity index (χ2n) is 6.84. The van der Waals surface area contributed by atoms with Crippen molar-refractivity contribution >= 4 is 22.6 Å². The number of nitrogens with zero attached hydrogens (tertiary/aromatic N) is 2. The van der Waals surface area contributed by atoms with Gasteiger partial charge in [-0.2, -0.15) is 0 Å². The number of rotatable bonds is 4. The van der Waals surface area contributed by atoms with E-state index in [1.165, 1.54) is 5.56 Å². The third kappa shape index (κ3) is 3.01. The summed E-state index contributed by atoms with van der Waals surface area (Å²) in [5.41, 5.74) is 5.13. The number of amides is 1. The van der Waals surface area contributed by atoms with Gasteiger partial charge >= 0.3 is 0 Å². The molecule has 4 aromatic rings. The molecule has 1 amide bonds. The van der Waals surface area contributed by atoms with Crippen LogP contribution in [0, 0.1) is 0 Å². The Morgan fingerprint density at radius 1 is 1.00 bits per heavy atom. The van der Waals surface area contributed by atoms with Crippen LogP contribution >= 0.6 is 0 Å². The second-order valence-corrected chi connectivity index (χ2v) is 6.84. The molecule has 138 valence electrons. The van der Waals surface area contributed by atoms with Gasteiger partial charge in [0, 0.05) is 17.8 Å². The Morgan fingerprint density at radius 3 is 2.64 bits per heavy atom. The van der Waals surface area contributed by atoms with Gasteiger partial charge in [-0.25, -0.2) is 4.98 Å². The van der Waals surface area contributed by atoms with E-state index in [9.17, 15) is 4.79 Å². The zero-order valence-corrected chi connectivity index (χ0v) is 15.3. The van der Waals surface area contributed by atoms with Crippen LogP contribution in [0.15, 0.2) is 72.8 Å². The monoisotopic (exact) mass is 369 g/mol. The fourth-order valence-corrected chi connectivity index (χ4v) is 3.62. The van der Waals surface area contributed by atoms with Crippen molar-refractivity contribution in [1.82, 2.24) is 9.97 Å². The molecule has 3 aromatic carbocycles. The SMILES string of the molecule is O=C(COc1ccc(-c2nc3ccccc3[nH]2)cc1)N1CCc2ccccc21. The van der Waals surface area contributed by atoms with Crippen LogP contribution in [0.25, 0.3) is 22.4 Å². The smallest absolute Gasteiger partial charge is 0.264 e. The maximum absolute atomic E-state index is 12.6. The highest BCUT2D eigenvalue weighted by atomic mass is 16.5. The standard InChI is InChI=1S/C23H19N3O2/c27-22(26-14-13-16-5-1-4-8-21(16)26)15-28-18-11-9-17(10-12-18)23-24-19-6-2-3-7-20(19)25-23/h1-12H,13-15H2,(H,24,25). The van der Waals surface area contributed by atoms with Crippen LogP contribution < -0.4 is 9.64 Å². The van der Waals surface area contributed by atoms with E-state index < -0.39 is 0 Å². The molecule has 2 heterocycles. The first-order valence-electron chi connectivity index (χ1n) is 9.34. The number of carbonyl (C=O) groups is 1. The number of imidazole rings is 1. The molecule has 0 unspecified atom stereocenters. The van der Waals surface area contributed by atoms with Crippen LogP contribution in [0.3, 0.4) is 0 Å². The summed E-state index contributed by atoms with van der Waals surface area (Å²) >= 11 is 0. The third-order valence-corrected chi connectivity index (χ3v) is 5.07. The molecule has 0 aliphatic carbocycles. The molecular weight excluding hydrogens is 350 g/mol. The second kappa shape index (κ2) is 6.85. The zero-order valence-electron chi connectivity index (χ0n) is 15.3. The first-order chi connectivity index (χ1) is 13.8. The van der Waals surface area contributed by atoms with Crippen molar-refractivity contribution in [3.8, 4) is 17.1 Å². The van der Waals surface area contributed by atoms with E-state index in [2.05, 4.69) is 16.0 Å². The van der Waals surface area contributed by atoms with Crippen molar-refractivity contribution in [2.75, 3.05) is 18.1 Å². The van der Waals surface area contributed by atoms with Crippen molar-refractivity contribution in [2.24, 2.45) is 0 Å². The molecule has 1 aliphatic heterocycles. The fourth-order valence-electron chi connectivity index (χ4n) is 3.62. The van der Waals surface area contributed by atoms with Gasteiger partial charge in [-0.15, -0.1) is 0 Å². The van der Waals surface area contributed by atoms with E-state index in [1.54, 1.807) is 4.90 Å². The molecule has 1 aromatic heterocycles. The van der Waals surface area contributed by atoms with Gasteiger partial charge in [0.05, 0.1) is 11.0 Å². The number of carbonyl (C=O) groups excluding carboxylic acids is 1. The van der Waals surface area contributed by atoms with Crippen molar-refractivity contribution in [1.29, 1.82) is 0 Å². The topological polar surface area (TPSA) is 58.2 Å². The number of para-hydroxylation sites is 3. The van der Waals surface area contributed by atoms with Crippen LogP contribution in [0.2, 0.25) is 0 Å². The zero-order chi connectivity index (χ0) is 18.9. The minimum Gasteiger partial charge on any atom is -0.484 e. The van der Waals surface area contributed by atoms with Gasteiger partial charge in [0.2, 0.25) is 0 Å². The Morgan fingerprint density at radius 2 is 1.79 bits per heavy atom. The maximum Gasteiger partial charge on any atom is 0.264 e. The largest absolute Gasteiger partial charge is 0.484 e. The first kappa shape index (κ1) is 16.6. The Labute approximate surface area is 162 Å². The quantitative estimate of drug-likeness (QED) is 0.587. The minimum atomic E-state index is -0.0219. The molecule has 5 heteroatoms. The highest BCUT2D eigenvalue weighted by molar-refractivity contribution is 5.96. The van der Waals surface area contributed by atoms with E-state index in [1.807, 2.05) is 66.7 Å². The van der Waals surface area contributed by atoms with E-state index >= 15 is 0 Å². The van der Waals surface area contributed by atoms with Gasteiger partial charge in [0.15, 0.2) is 6.61 Å². The first-order valence-corrected chi connectivity index (χ1v) is 9.34. The molecular formula is C23H19N3O2. The maximum atomic E-state index is 12.6. The molecule has 0 saturated heterocycles. The molecule has 0 saturated carbocycles. The van der Waals surface area contributed by atoms with Gasteiger partial charge in [-0.1, -0.05) is 30.3 Å². The van der Waals surface area contributed by atoms with Gasteiger partial charge in [-0.3, -0.25) is 4.79 Å². The average molecular weight is 369 g/mol. The number of aromatic amines is 1. The Hall–Kier alpha value is -3.60. The molecule has 0 bridgehead atoms. The van der Waals surface area contributed by atoms with Crippen LogP contribution in [0.1, 0.15) is 5.56 Å². The number of hydrogen-bond acceptors (Lipinski definition) is 3. The lowest BCUT2D eigenvalue weighted by molar-refractivity contribution is -0.120. The predicted octanol–water partition coefficient (Wildman–Crippen LogP) is 4.20. The number of fused-ring (bicyclic) bond motifs is 2. The normalized spacial score (nSPS) is 12.9. The summed E-state index contributed by atoms with van der Waals surface area (Å²) in [4.78, 5) is 22.3. The van der Waals surface area contributed by atoms with Gasteiger partial charge < -0.3 is 14.6 Å². The lowest BCUT2D eigenvalue weighted by atomic mass is 10.2. The van der Waals surface area contributed by atoms with Crippen LogP contribution in [0.4, 0.5) is 5.69 Å². The lowest BCUT2D eigenvalue weighted by Crippen LogP contribution is -2.33. The van der Waals surface area contributed by atoms with Gasteiger partial charge in [0.25, 0.3) is 5.91 Å². The molecule has 0 spiro atoms. The predicted molar refractivity (Wildman–Crippen MR) is 110 cm³/mol. The number of nitrogens with one attached hydrogen (secondary N) is 1. The van der Waals surface area contributed by atoms with Crippen LogP contribution in [-0.4, -0.2) is 29.0 Å². The Kier molecular flexibility index (Phi) is 4.05. The Bertz CT molecular complexity index is 1110. The molecule has 1 N–H and O–H groups in total.